The number of hydrogen-bond donors (Lipinski definition) is 2. The van der Waals surface area contributed by atoms with E-state index < -0.39 is 23.3 Å². The Balaban J connectivity index is 2.98. The van der Waals surface area contributed by atoms with Crippen molar-refractivity contribution >= 4 is 11.9 Å². The molecule has 0 aliphatic heterocycles. The molecule has 0 radical (unpaired) electrons. The van der Waals surface area contributed by atoms with Crippen LogP contribution in [-0.2, 0) is 4.79 Å². The highest BCUT2D eigenvalue weighted by atomic mass is 16.5. The molecule has 0 saturated carbocycles. The van der Waals surface area contributed by atoms with E-state index in [-0.39, 0.29) is 5.56 Å². The summed E-state index contributed by atoms with van der Waals surface area (Å²) in [5.41, 5.74) is -0.338. The molecule has 1 amide bonds. The van der Waals surface area contributed by atoms with Crippen LogP contribution in [0.5, 0.6) is 5.75 Å². The van der Waals surface area contributed by atoms with Gasteiger partial charge in [-0.1, -0.05) is 20.8 Å². The number of carboxylic acids is 1. The Morgan fingerprint density at radius 1 is 1.42 bits per heavy atom. The molecule has 0 aliphatic carbocycles. The quantitative estimate of drug-likeness (QED) is 0.858. The minimum absolute atomic E-state index is 0.257. The van der Waals surface area contributed by atoms with E-state index in [1.54, 1.807) is 20.8 Å². The summed E-state index contributed by atoms with van der Waals surface area (Å²) in [5, 5.41) is 11.7. The summed E-state index contributed by atoms with van der Waals surface area (Å²) in [6, 6.07) is 0.494. The predicted octanol–water partition coefficient (Wildman–Crippen LogP) is 1.32. The number of methoxy groups -OCH3 is 1. The third kappa shape index (κ3) is 3.67. The normalized spacial score (nSPS) is 12.6. The van der Waals surface area contributed by atoms with Crippen LogP contribution in [0.3, 0.4) is 0 Å². The second-order valence-electron chi connectivity index (χ2n) is 5.19. The van der Waals surface area contributed by atoms with Crippen LogP contribution >= 0.6 is 0 Å². The van der Waals surface area contributed by atoms with E-state index in [4.69, 9.17) is 4.74 Å². The second-order valence-corrected chi connectivity index (χ2v) is 5.19. The van der Waals surface area contributed by atoms with Gasteiger partial charge in [0.15, 0.2) is 0 Å². The molecule has 2 N–H and O–H groups in total. The molecule has 0 saturated heterocycles. The molecule has 1 rings (SSSR count). The molecule has 1 atom stereocenters. The minimum atomic E-state index is -1.08. The van der Waals surface area contributed by atoms with Gasteiger partial charge in [0.05, 0.1) is 18.9 Å². The van der Waals surface area contributed by atoms with Crippen molar-refractivity contribution in [1.29, 1.82) is 0 Å². The first-order valence-corrected chi connectivity index (χ1v) is 5.79. The zero-order valence-electron chi connectivity index (χ0n) is 11.4. The Bertz CT molecular complexity index is 480. The van der Waals surface area contributed by atoms with E-state index in [2.05, 4.69) is 10.3 Å². The fourth-order valence-electron chi connectivity index (χ4n) is 1.59. The Labute approximate surface area is 111 Å². The van der Waals surface area contributed by atoms with Crippen LogP contribution < -0.4 is 10.1 Å². The number of rotatable bonds is 4. The Hall–Kier alpha value is -2.11. The van der Waals surface area contributed by atoms with Crippen molar-refractivity contribution in [3.8, 4) is 5.75 Å². The van der Waals surface area contributed by atoms with Crippen molar-refractivity contribution < 1.29 is 19.4 Å². The lowest BCUT2D eigenvalue weighted by Gasteiger charge is -2.27. The predicted molar refractivity (Wildman–Crippen MR) is 69.1 cm³/mol. The number of nitrogens with one attached hydrogen (secondary N) is 1. The minimum Gasteiger partial charge on any atom is -0.494 e. The van der Waals surface area contributed by atoms with Gasteiger partial charge in [-0.15, -0.1) is 0 Å². The number of amides is 1. The van der Waals surface area contributed by atoms with Gasteiger partial charge in [0, 0.05) is 6.20 Å². The number of aliphatic carboxylic acids is 1. The third-order valence-electron chi connectivity index (χ3n) is 2.64. The van der Waals surface area contributed by atoms with Gasteiger partial charge in [-0.05, 0) is 11.5 Å². The molecule has 0 unspecified atom stereocenters. The highest BCUT2D eigenvalue weighted by molar-refractivity contribution is 5.98. The molecule has 0 fully saturated rings. The fraction of sp³-hybridized carbons (Fsp3) is 0.462. The first-order chi connectivity index (χ1) is 8.77. The monoisotopic (exact) mass is 266 g/mol. The largest absolute Gasteiger partial charge is 0.494 e. The van der Waals surface area contributed by atoms with Crippen LogP contribution in [0.25, 0.3) is 0 Å². The van der Waals surface area contributed by atoms with E-state index in [1.165, 1.54) is 25.6 Å². The van der Waals surface area contributed by atoms with Crippen LogP contribution in [0, 0.1) is 5.41 Å². The highest BCUT2D eigenvalue weighted by Crippen LogP contribution is 2.21. The van der Waals surface area contributed by atoms with Crippen molar-refractivity contribution in [3.63, 3.8) is 0 Å². The number of aromatic nitrogens is 1. The third-order valence-corrected chi connectivity index (χ3v) is 2.64. The lowest BCUT2D eigenvalue weighted by molar-refractivity contribution is -0.142. The van der Waals surface area contributed by atoms with Gasteiger partial charge in [-0.2, -0.15) is 0 Å². The molecule has 6 nitrogen and oxygen atoms in total. The lowest BCUT2D eigenvalue weighted by Crippen LogP contribution is -2.49. The van der Waals surface area contributed by atoms with Crippen molar-refractivity contribution in [3.05, 3.63) is 24.0 Å². The van der Waals surface area contributed by atoms with E-state index in [0.717, 1.165) is 0 Å². The van der Waals surface area contributed by atoms with Crippen LogP contribution in [0.15, 0.2) is 18.5 Å². The Morgan fingerprint density at radius 3 is 2.53 bits per heavy atom. The topological polar surface area (TPSA) is 88.5 Å². The van der Waals surface area contributed by atoms with Crippen LogP contribution in [0.1, 0.15) is 31.1 Å². The maximum absolute atomic E-state index is 12.1. The van der Waals surface area contributed by atoms with Gasteiger partial charge in [-0.25, -0.2) is 4.79 Å². The molecule has 0 aliphatic rings. The van der Waals surface area contributed by atoms with Gasteiger partial charge < -0.3 is 15.2 Å². The smallest absolute Gasteiger partial charge is 0.326 e. The number of hydrogen-bond acceptors (Lipinski definition) is 4. The number of carbonyl (C=O) groups is 2. The summed E-state index contributed by atoms with van der Waals surface area (Å²) in [7, 11) is 1.42. The summed E-state index contributed by atoms with van der Waals surface area (Å²) >= 11 is 0. The Morgan fingerprint density at radius 2 is 2.05 bits per heavy atom. The van der Waals surface area contributed by atoms with Gasteiger partial charge in [0.25, 0.3) is 5.91 Å². The molecule has 104 valence electrons. The summed E-state index contributed by atoms with van der Waals surface area (Å²) in [6.45, 7) is 5.24. The molecule has 0 bridgehead atoms. The maximum atomic E-state index is 12.1. The van der Waals surface area contributed by atoms with Crippen molar-refractivity contribution in [1.82, 2.24) is 10.3 Å². The molecule has 6 heteroatoms. The lowest BCUT2D eigenvalue weighted by atomic mass is 9.86. The van der Waals surface area contributed by atoms with E-state index >= 15 is 0 Å². The summed E-state index contributed by atoms with van der Waals surface area (Å²) in [6.07, 6.45) is 2.85. The fourth-order valence-corrected chi connectivity index (χ4v) is 1.59. The number of ether oxygens (including phenoxy) is 1. The Kier molecular flexibility index (Phi) is 4.47. The number of pyridine rings is 1. The molecule has 0 spiro atoms. The zero-order valence-corrected chi connectivity index (χ0v) is 11.4. The standard InChI is InChI=1S/C13H18N2O4/c1-13(2,3)10(12(17)18)15-11(16)8-5-6-14-7-9(8)19-4/h5-7,10H,1-4H3,(H,15,16)(H,17,18)/t10-/m1/s1. The SMILES string of the molecule is COc1cnccc1C(=O)N[C@H](C(=O)O)C(C)(C)C. The summed E-state index contributed by atoms with van der Waals surface area (Å²) in [4.78, 5) is 27.2. The molecular formula is C13H18N2O4. The molecule has 0 aromatic carbocycles. The average Bonchev–Trinajstić information content (AvgIpc) is 2.33. The summed E-state index contributed by atoms with van der Waals surface area (Å²) < 4.78 is 5.02. The van der Waals surface area contributed by atoms with E-state index in [1.807, 2.05) is 0 Å². The van der Waals surface area contributed by atoms with E-state index in [9.17, 15) is 14.7 Å². The van der Waals surface area contributed by atoms with Crippen LogP contribution in [0.2, 0.25) is 0 Å². The molecule has 19 heavy (non-hydrogen) atoms. The second kappa shape index (κ2) is 5.69. The number of carboxylic acid groups (broad SMARTS) is 1. The van der Waals surface area contributed by atoms with Crippen molar-refractivity contribution in [2.45, 2.75) is 26.8 Å². The van der Waals surface area contributed by atoms with Gasteiger partial charge in [0.2, 0.25) is 0 Å². The maximum Gasteiger partial charge on any atom is 0.326 e. The van der Waals surface area contributed by atoms with Gasteiger partial charge >= 0.3 is 5.97 Å². The molecule has 1 aromatic heterocycles. The van der Waals surface area contributed by atoms with Gasteiger partial charge in [-0.3, -0.25) is 9.78 Å². The first kappa shape index (κ1) is 14.9. The zero-order chi connectivity index (χ0) is 14.6. The average molecular weight is 266 g/mol. The summed E-state index contributed by atoms with van der Waals surface area (Å²) in [5.74, 6) is -1.27. The molecular weight excluding hydrogens is 248 g/mol. The van der Waals surface area contributed by atoms with Crippen LogP contribution in [0.4, 0.5) is 0 Å². The van der Waals surface area contributed by atoms with Crippen molar-refractivity contribution in [2.24, 2.45) is 5.41 Å². The van der Waals surface area contributed by atoms with E-state index in [0.29, 0.717) is 5.75 Å². The highest BCUT2D eigenvalue weighted by Gasteiger charge is 2.33. The number of carbonyl (C=O) groups excluding carboxylic acids is 1. The number of nitrogens with zero attached hydrogens (tertiary/aromatic N) is 1. The molecule has 1 aromatic rings. The first-order valence-electron chi connectivity index (χ1n) is 5.79. The van der Waals surface area contributed by atoms with Crippen LogP contribution in [-0.4, -0.2) is 35.1 Å². The van der Waals surface area contributed by atoms with Crippen molar-refractivity contribution in [2.75, 3.05) is 7.11 Å². The molecule has 1 heterocycles. The van der Waals surface area contributed by atoms with Gasteiger partial charge in [0.1, 0.15) is 11.8 Å².